The van der Waals surface area contributed by atoms with Gasteiger partial charge in [-0.2, -0.15) is 11.8 Å². The number of rotatable bonds is 5. The van der Waals surface area contributed by atoms with Gasteiger partial charge < -0.3 is 5.32 Å². The van der Waals surface area contributed by atoms with E-state index in [1.807, 2.05) is 11.8 Å². The van der Waals surface area contributed by atoms with E-state index in [2.05, 4.69) is 18.5 Å². The minimum Gasteiger partial charge on any atom is -0.317 e. The molecule has 0 aliphatic heterocycles. The molecular formula is C6H15NS. The molecule has 0 aromatic carbocycles. The zero-order valence-electron chi connectivity index (χ0n) is 5.74. The Morgan fingerprint density at radius 3 is 2.75 bits per heavy atom. The normalized spacial score (nSPS) is 9.75. The average molecular weight is 133 g/mol. The molecule has 0 saturated heterocycles. The summed E-state index contributed by atoms with van der Waals surface area (Å²) in [5.41, 5.74) is 0. The predicted octanol–water partition coefficient (Wildman–Crippen LogP) is 1.35. The van der Waals surface area contributed by atoms with Crippen molar-refractivity contribution in [3.05, 3.63) is 0 Å². The van der Waals surface area contributed by atoms with Gasteiger partial charge in [-0.05, 0) is 31.5 Å². The Hall–Kier alpha value is 0.310. The van der Waals surface area contributed by atoms with Crippen LogP contribution in [-0.4, -0.2) is 25.1 Å². The van der Waals surface area contributed by atoms with E-state index in [1.165, 1.54) is 18.7 Å². The van der Waals surface area contributed by atoms with E-state index in [4.69, 9.17) is 0 Å². The molecule has 0 spiro atoms. The lowest BCUT2D eigenvalue weighted by atomic mass is 10.5. The average Bonchev–Trinajstić information content (AvgIpc) is 1.81. The lowest BCUT2D eigenvalue weighted by Crippen LogP contribution is -2.14. The highest BCUT2D eigenvalue weighted by Crippen LogP contribution is 1.92. The zero-order valence-corrected chi connectivity index (χ0v) is 6.55. The first-order valence-electron chi connectivity index (χ1n) is 3.11. The molecule has 0 amide bonds. The zero-order chi connectivity index (χ0) is 6.24. The fourth-order valence-electron chi connectivity index (χ4n) is 0.518. The van der Waals surface area contributed by atoms with Crippen molar-refractivity contribution in [3.8, 4) is 0 Å². The third-order valence-corrected chi connectivity index (χ3v) is 1.65. The van der Waals surface area contributed by atoms with Gasteiger partial charge in [0.05, 0.1) is 0 Å². The van der Waals surface area contributed by atoms with Crippen molar-refractivity contribution in [2.24, 2.45) is 0 Å². The maximum Gasteiger partial charge on any atom is -0.00412 e. The Bertz CT molecular complexity index is 33.5. The second-order valence-corrected chi connectivity index (χ2v) is 2.69. The van der Waals surface area contributed by atoms with Crippen LogP contribution >= 0.6 is 11.8 Å². The van der Waals surface area contributed by atoms with Crippen molar-refractivity contribution < 1.29 is 0 Å². The Kier molecular flexibility index (Phi) is 7.59. The molecule has 0 aromatic heterocycles. The van der Waals surface area contributed by atoms with Crippen LogP contribution in [0, 0.1) is 0 Å². The predicted molar refractivity (Wildman–Crippen MR) is 41.5 cm³/mol. The maximum absolute atomic E-state index is 3.27. The highest BCUT2D eigenvalue weighted by atomic mass is 32.2. The fourth-order valence-corrected chi connectivity index (χ4v) is 0.951. The first kappa shape index (κ1) is 8.31. The van der Waals surface area contributed by atoms with Gasteiger partial charge in [-0.3, -0.25) is 0 Å². The summed E-state index contributed by atoms with van der Waals surface area (Å²) < 4.78 is 0. The van der Waals surface area contributed by atoms with E-state index in [9.17, 15) is 0 Å². The number of thioether (sulfide) groups is 1. The first-order chi connectivity index (χ1) is 3.91. The van der Waals surface area contributed by atoms with Gasteiger partial charge in [-0.25, -0.2) is 0 Å². The molecule has 0 aliphatic carbocycles. The smallest absolute Gasteiger partial charge is 0.00412 e. The highest BCUT2D eigenvalue weighted by Gasteiger charge is 1.81. The molecule has 1 N–H and O–H groups in total. The monoisotopic (exact) mass is 133 g/mol. The van der Waals surface area contributed by atoms with Crippen LogP contribution < -0.4 is 5.32 Å². The molecule has 0 aromatic rings. The van der Waals surface area contributed by atoms with Gasteiger partial charge >= 0.3 is 0 Å². The SMILES string of the molecule is CCNCCCSC. The molecule has 0 bridgehead atoms. The Labute approximate surface area is 56.2 Å². The molecule has 0 unspecified atom stereocenters. The number of hydrogen-bond donors (Lipinski definition) is 1. The molecule has 50 valence electrons. The van der Waals surface area contributed by atoms with Gasteiger partial charge in [0.25, 0.3) is 0 Å². The molecule has 0 radical (unpaired) electrons. The van der Waals surface area contributed by atoms with Crippen LogP contribution in [-0.2, 0) is 0 Å². The maximum atomic E-state index is 3.27. The van der Waals surface area contributed by atoms with Crippen molar-refractivity contribution in [3.63, 3.8) is 0 Å². The van der Waals surface area contributed by atoms with Crippen LogP contribution in [0.25, 0.3) is 0 Å². The van der Waals surface area contributed by atoms with Crippen LogP contribution in [0.2, 0.25) is 0 Å². The van der Waals surface area contributed by atoms with Gasteiger partial charge in [-0.1, -0.05) is 6.92 Å². The summed E-state index contributed by atoms with van der Waals surface area (Å²) in [7, 11) is 0. The molecule has 0 atom stereocenters. The molecular weight excluding hydrogens is 118 g/mol. The Morgan fingerprint density at radius 2 is 2.25 bits per heavy atom. The van der Waals surface area contributed by atoms with Crippen molar-refractivity contribution >= 4 is 11.8 Å². The summed E-state index contributed by atoms with van der Waals surface area (Å²) in [5.74, 6) is 1.28. The molecule has 2 heteroatoms. The summed E-state index contributed by atoms with van der Waals surface area (Å²) in [6.45, 7) is 4.42. The third-order valence-electron chi connectivity index (χ3n) is 0.952. The van der Waals surface area contributed by atoms with Crippen molar-refractivity contribution in [2.75, 3.05) is 25.1 Å². The van der Waals surface area contributed by atoms with Crippen molar-refractivity contribution in [1.29, 1.82) is 0 Å². The van der Waals surface area contributed by atoms with Gasteiger partial charge in [0.2, 0.25) is 0 Å². The molecule has 0 fully saturated rings. The summed E-state index contributed by atoms with van der Waals surface area (Å²) in [4.78, 5) is 0. The third kappa shape index (κ3) is 6.31. The second kappa shape index (κ2) is 7.31. The summed E-state index contributed by atoms with van der Waals surface area (Å²) >= 11 is 1.91. The molecule has 1 nitrogen and oxygen atoms in total. The van der Waals surface area contributed by atoms with Gasteiger partial charge in [-0.15, -0.1) is 0 Å². The molecule has 8 heavy (non-hydrogen) atoms. The summed E-state index contributed by atoms with van der Waals surface area (Å²) in [5, 5.41) is 3.27. The van der Waals surface area contributed by atoms with E-state index < -0.39 is 0 Å². The van der Waals surface area contributed by atoms with Crippen LogP contribution in [0.15, 0.2) is 0 Å². The number of hydrogen-bond acceptors (Lipinski definition) is 2. The van der Waals surface area contributed by atoms with Crippen LogP contribution in [0.1, 0.15) is 13.3 Å². The molecule has 0 rings (SSSR count). The van der Waals surface area contributed by atoms with Gasteiger partial charge in [0.1, 0.15) is 0 Å². The van der Waals surface area contributed by atoms with Crippen LogP contribution in [0.3, 0.4) is 0 Å². The minimum atomic E-state index is 1.11. The first-order valence-corrected chi connectivity index (χ1v) is 4.50. The lowest BCUT2D eigenvalue weighted by Gasteiger charge is -1.97. The Morgan fingerprint density at radius 1 is 1.50 bits per heavy atom. The lowest BCUT2D eigenvalue weighted by molar-refractivity contribution is 0.707. The van der Waals surface area contributed by atoms with E-state index in [0.717, 1.165) is 6.54 Å². The van der Waals surface area contributed by atoms with E-state index in [1.54, 1.807) is 0 Å². The van der Waals surface area contributed by atoms with E-state index in [-0.39, 0.29) is 0 Å². The Balaban J connectivity index is 2.53. The number of nitrogens with one attached hydrogen (secondary N) is 1. The fraction of sp³-hybridized carbons (Fsp3) is 1.00. The second-order valence-electron chi connectivity index (χ2n) is 1.70. The molecule has 0 heterocycles. The summed E-state index contributed by atoms with van der Waals surface area (Å²) in [6, 6.07) is 0. The minimum absolute atomic E-state index is 1.11. The van der Waals surface area contributed by atoms with Crippen LogP contribution in [0.5, 0.6) is 0 Å². The highest BCUT2D eigenvalue weighted by molar-refractivity contribution is 7.98. The topological polar surface area (TPSA) is 12.0 Å². The van der Waals surface area contributed by atoms with Gasteiger partial charge in [0.15, 0.2) is 0 Å². The molecule has 0 saturated carbocycles. The van der Waals surface area contributed by atoms with Crippen molar-refractivity contribution in [1.82, 2.24) is 5.32 Å². The summed E-state index contributed by atoms with van der Waals surface area (Å²) in [6.07, 6.45) is 3.45. The van der Waals surface area contributed by atoms with E-state index in [0.29, 0.717) is 0 Å². The van der Waals surface area contributed by atoms with Gasteiger partial charge in [0, 0.05) is 0 Å². The molecule has 0 aliphatic rings. The van der Waals surface area contributed by atoms with Crippen molar-refractivity contribution in [2.45, 2.75) is 13.3 Å². The van der Waals surface area contributed by atoms with E-state index >= 15 is 0 Å². The quantitative estimate of drug-likeness (QED) is 0.568. The largest absolute Gasteiger partial charge is 0.317 e. The van der Waals surface area contributed by atoms with Crippen LogP contribution in [0.4, 0.5) is 0 Å². The standard InChI is InChI=1S/C6H15NS/c1-3-7-5-4-6-8-2/h7H,3-6H2,1-2H3.